The van der Waals surface area contributed by atoms with E-state index in [2.05, 4.69) is 0 Å². The molecule has 1 saturated heterocycles. The van der Waals surface area contributed by atoms with Crippen molar-refractivity contribution in [2.75, 3.05) is 14.2 Å². The lowest BCUT2D eigenvalue weighted by Crippen LogP contribution is -2.54. The SMILES string of the molecule is COc1ccc(C(c2ccccc2)(c2ccc(OC)cc2)C(O)[C@H]2O[C@@H](n3ccc(=O)[nH]c3=O)[C@@](O)(F)[C@@H]2O)cc1. The van der Waals surface area contributed by atoms with Crippen molar-refractivity contribution in [1.29, 1.82) is 0 Å². The summed E-state index contributed by atoms with van der Waals surface area (Å²) in [5, 5.41) is 34.1. The number of aliphatic hydroxyl groups excluding tert-OH is 2. The minimum Gasteiger partial charge on any atom is -0.497 e. The molecule has 10 nitrogen and oxygen atoms in total. The van der Waals surface area contributed by atoms with Crippen LogP contribution in [0.1, 0.15) is 22.9 Å². The van der Waals surface area contributed by atoms with Crippen LogP contribution in [0.15, 0.2) is 101 Å². The van der Waals surface area contributed by atoms with Crippen LogP contribution in [0.4, 0.5) is 4.39 Å². The topological polar surface area (TPSA) is 143 Å². The number of nitrogens with zero attached hydrogens (tertiary/aromatic N) is 1. The summed E-state index contributed by atoms with van der Waals surface area (Å²) in [6.45, 7) is 0. The summed E-state index contributed by atoms with van der Waals surface area (Å²) in [4.78, 5) is 26.0. The highest BCUT2D eigenvalue weighted by Crippen LogP contribution is 2.49. The van der Waals surface area contributed by atoms with E-state index in [4.69, 9.17) is 14.2 Å². The molecular weight excluding hydrogens is 535 g/mol. The highest BCUT2D eigenvalue weighted by atomic mass is 19.2. The van der Waals surface area contributed by atoms with E-state index in [9.17, 15) is 24.9 Å². The van der Waals surface area contributed by atoms with Gasteiger partial charge in [0.1, 0.15) is 29.8 Å². The third kappa shape index (κ3) is 4.72. The number of hydrogen-bond acceptors (Lipinski definition) is 8. The zero-order chi connectivity index (χ0) is 29.4. The van der Waals surface area contributed by atoms with Crippen molar-refractivity contribution in [3.63, 3.8) is 0 Å². The molecule has 1 aliphatic heterocycles. The molecule has 0 spiro atoms. The zero-order valence-corrected chi connectivity index (χ0v) is 22.2. The van der Waals surface area contributed by atoms with Gasteiger partial charge < -0.3 is 29.5 Å². The highest BCUT2D eigenvalue weighted by Gasteiger charge is 2.63. The number of nitrogens with one attached hydrogen (secondary N) is 1. The van der Waals surface area contributed by atoms with E-state index >= 15 is 4.39 Å². The number of H-pyrrole nitrogens is 1. The summed E-state index contributed by atoms with van der Waals surface area (Å²) in [6.07, 6.45) is -6.96. The van der Waals surface area contributed by atoms with Crippen molar-refractivity contribution in [2.24, 2.45) is 0 Å². The first kappa shape index (κ1) is 28.2. The van der Waals surface area contributed by atoms with Crippen LogP contribution in [0.2, 0.25) is 0 Å². The van der Waals surface area contributed by atoms with Crippen LogP contribution < -0.4 is 20.7 Å². The summed E-state index contributed by atoms with van der Waals surface area (Å²) in [6, 6.07) is 23.5. The van der Waals surface area contributed by atoms with Gasteiger partial charge in [-0.05, 0) is 41.0 Å². The van der Waals surface area contributed by atoms with Gasteiger partial charge in [-0.1, -0.05) is 54.6 Å². The molecule has 3 aromatic carbocycles. The van der Waals surface area contributed by atoms with Crippen LogP contribution in [0.5, 0.6) is 11.5 Å². The molecule has 1 fully saturated rings. The van der Waals surface area contributed by atoms with Crippen molar-refractivity contribution in [3.05, 3.63) is 129 Å². The fraction of sp³-hybridized carbons (Fsp3) is 0.267. The molecule has 1 aliphatic rings. The predicted molar refractivity (Wildman–Crippen MR) is 146 cm³/mol. The monoisotopic (exact) mass is 564 g/mol. The minimum atomic E-state index is -3.52. The molecule has 0 saturated carbocycles. The Kier molecular flexibility index (Phi) is 7.54. The maximum Gasteiger partial charge on any atom is 0.330 e. The van der Waals surface area contributed by atoms with Crippen molar-refractivity contribution in [1.82, 2.24) is 9.55 Å². The molecule has 214 valence electrons. The number of aromatic nitrogens is 2. The highest BCUT2D eigenvalue weighted by molar-refractivity contribution is 5.54. The van der Waals surface area contributed by atoms with Gasteiger partial charge in [0.2, 0.25) is 0 Å². The van der Waals surface area contributed by atoms with Gasteiger partial charge in [0.25, 0.3) is 11.4 Å². The van der Waals surface area contributed by atoms with E-state index in [1.54, 1.807) is 78.9 Å². The molecule has 2 heterocycles. The number of alkyl halides is 1. The Morgan fingerprint density at radius 1 is 0.902 bits per heavy atom. The third-order valence-electron chi connectivity index (χ3n) is 7.54. The van der Waals surface area contributed by atoms with Crippen LogP contribution in [0, 0.1) is 0 Å². The number of ether oxygens (including phenoxy) is 3. The lowest BCUT2D eigenvalue weighted by Gasteiger charge is -2.42. The van der Waals surface area contributed by atoms with E-state index < -0.39 is 47.1 Å². The Bertz CT molecular complexity index is 1560. The first-order valence-corrected chi connectivity index (χ1v) is 12.7. The standard InChI is InChI=1S/C30H29FN2O8/c1-39-21-12-8-19(9-13-21)29(18-6-4-3-5-7-18,20-10-14-22(40-2)15-11-20)25(35)24-26(36)30(31,38)27(41-24)33-17-16-23(34)32-28(33)37/h3-17,24-27,35-36,38H,1-2H3,(H,32,34,37)/t24-,25?,26-,27-,30-/m1/s1. The molecule has 4 aromatic rings. The van der Waals surface area contributed by atoms with E-state index in [0.29, 0.717) is 32.8 Å². The van der Waals surface area contributed by atoms with E-state index in [0.717, 1.165) is 12.3 Å². The van der Waals surface area contributed by atoms with Gasteiger partial charge in [0.15, 0.2) is 6.23 Å². The number of aromatic amines is 1. The lowest BCUT2D eigenvalue weighted by atomic mass is 9.64. The van der Waals surface area contributed by atoms with E-state index in [-0.39, 0.29) is 0 Å². The van der Waals surface area contributed by atoms with E-state index in [1.807, 2.05) is 4.98 Å². The summed E-state index contributed by atoms with van der Waals surface area (Å²) < 4.78 is 32.9. The number of aliphatic hydroxyl groups is 3. The largest absolute Gasteiger partial charge is 0.497 e. The molecule has 1 aromatic heterocycles. The number of rotatable bonds is 8. The molecule has 1 unspecified atom stereocenters. The number of halogens is 1. The van der Waals surface area contributed by atoms with Gasteiger partial charge >= 0.3 is 5.69 Å². The van der Waals surface area contributed by atoms with Crippen molar-refractivity contribution in [3.8, 4) is 11.5 Å². The van der Waals surface area contributed by atoms with Gasteiger partial charge in [-0.15, -0.1) is 0 Å². The summed E-state index contributed by atoms with van der Waals surface area (Å²) in [7, 11) is 3.03. The van der Waals surface area contributed by atoms with Crippen molar-refractivity contribution in [2.45, 2.75) is 35.8 Å². The summed E-state index contributed by atoms with van der Waals surface area (Å²) >= 11 is 0. The van der Waals surface area contributed by atoms with Crippen molar-refractivity contribution < 1.29 is 33.9 Å². The predicted octanol–water partition coefficient (Wildman–Crippen LogP) is 1.87. The Balaban J connectivity index is 1.73. The molecule has 0 radical (unpaired) electrons. The summed E-state index contributed by atoms with van der Waals surface area (Å²) in [5.74, 6) is -2.42. The first-order valence-electron chi connectivity index (χ1n) is 12.7. The Labute approximate surface area is 233 Å². The molecule has 5 atom stereocenters. The molecule has 5 rings (SSSR count). The fourth-order valence-corrected chi connectivity index (χ4v) is 5.48. The maximum absolute atomic E-state index is 15.8. The average Bonchev–Trinajstić information content (AvgIpc) is 3.22. The Morgan fingerprint density at radius 2 is 1.41 bits per heavy atom. The van der Waals surface area contributed by atoms with Crippen LogP contribution in [-0.4, -0.2) is 63.3 Å². The molecule has 41 heavy (non-hydrogen) atoms. The number of hydrogen-bond donors (Lipinski definition) is 4. The first-order chi connectivity index (χ1) is 19.6. The van der Waals surface area contributed by atoms with Crippen LogP contribution in [0.3, 0.4) is 0 Å². The molecule has 0 aliphatic carbocycles. The van der Waals surface area contributed by atoms with Gasteiger partial charge in [-0.25, -0.2) is 9.18 Å². The third-order valence-corrected chi connectivity index (χ3v) is 7.54. The van der Waals surface area contributed by atoms with Gasteiger partial charge in [-0.3, -0.25) is 14.3 Å². The summed E-state index contributed by atoms with van der Waals surface area (Å²) in [5.41, 5.74) is -1.70. The van der Waals surface area contributed by atoms with E-state index in [1.165, 1.54) is 14.2 Å². The van der Waals surface area contributed by atoms with Crippen LogP contribution in [0.25, 0.3) is 0 Å². The minimum absolute atomic E-state index is 0.532. The molecule has 0 amide bonds. The lowest BCUT2D eigenvalue weighted by molar-refractivity contribution is -0.197. The second kappa shape index (κ2) is 10.9. The number of benzene rings is 3. The molecule has 4 N–H and O–H groups in total. The fourth-order valence-electron chi connectivity index (χ4n) is 5.48. The quantitative estimate of drug-likeness (QED) is 0.238. The van der Waals surface area contributed by atoms with Gasteiger partial charge in [0, 0.05) is 12.3 Å². The van der Waals surface area contributed by atoms with Crippen molar-refractivity contribution >= 4 is 0 Å². The Morgan fingerprint density at radius 3 is 1.90 bits per heavy atom. The Hall–Kier alpha value is -4.29. The number of methoxy groups -OCH3 is 2. The molecule has 11 heteroatoms. The molecule has 0 bridgehead atoms. The van der Waals surface area contributed by atoms with Gasteiger partial charge in [0.05, 0.1) is 19.6 Å². The maximum atomic E-state index is 15.8. The zero-order valence-electron chi connectivity index (χ0n) is 22.2. The van der Waals surface area contributed by atoms with Crippen LogP contribution >= 0.6 is 0 Å². The average molecular weight is 565 g/mol. The normalized spacial score (nSPS) is 23.2. The smallest absolute Gasteiger partial charge is 0.330 e. The second-order valence-electron chi connectivity index (χ2n) is 9.72. The second-order valence-corrected chi connectivity index (χ2v) is 9.72. The molecular formula is C30H29FN2O8. The van der Waals surface area contributed by atoms with Crippen LogP contribution in [-0.2, 0) is 10.2 Å². The van der Waals surface area contributed by atoms with Gasteiger partial charge in [-0.2, -0.15) is 0 Å².